The molecule has 0 radical (unpaired) electrons. The molecule has 7 nitrogen and oxygen atoms in total. The molecule has 0 bridgehead atoms. The number of hydrogen-bond donors (Lipinski definition) is 0. The van der Waals surface area contributed by atoms with Gasteiger partial charge in [0, 0.05) is 32.2 Å². The Morgan fingerprint density at radius 3 is 2.68 bits per heavy atom. The summed E-state index contributed by atoms with van der Waals surface area (Å²) in [7, 11) is 3.10. The van der Waals surface area contributed by atoms with Crippen molar-refractivity contribution in [3.8, 4) is 11.9 Å². The minimum Gasteiger partial charge on any atom is -0.481 e. The molecular weight excluding hydrogens is 340 g/mol. The van der Waals surface area contributed by atoms with E-state index in [2.05, 4.69) is 14.9 Å². The molecular formula is C17H22N4O3S. The molecule has 1 amide bonds. The highest BCUT2D eigenvalue weighted by Crippen LogP contribution is 2.23. The van der Waals surface area contributed by atoms with Gasteiger partial charge in [0.25, 0.3) is 5.91 Å². The zero-order valence-electron chi connectivity index (χ0n) is 14.7. The first-order valence-electron chi connectivity index (χ1n) is 8.17. The van der Waals surface area contributed by atoms with Crippen molar-refractivity contribution in [3.05, 3.63) is 28.0 Å². The summed E-state index contributed by atoms with van der Waals surface area (Å²) >= 11 is 1.51. The van der Waals surface area contributed by atoms with Crippen molar-refractivity contribution in [1.29, 1.82) is 0 Å². The highest BCUT2D eigenvalue weighted by molar-refractivity contribution is 7.12. The SMILES string of the molecule is COc1cc(N2CCCN(C(=O)c3sccc3C)CC2)nc(OC)n1. The first-order chi connectivity index (χ1) is 12.1. The fourth-order valence-electron chi connectivity index (χ4n) is 2.84. The van der Waals surface area contributed by atoms with Crippen LogP contribution in [0.25, 0.3) is 0 Å². The number of aryl methyl sites for hydroxylation is 1. The number of carbonyl (C=O) groups is 1. The van der Waals surface area contributed by atoms with E-state index in [-0.39, 0.29) is 11.9 Å². The first kappa shape index (κ1) is 17.5. The van der Waals surface area contributed by atoms with Crippen molar-refractivity contribution in [3.63, 3.8) is 0 Å². The molecule has 3 heterocycles. The molecule has 0 aromatic carbocycles. The number of anilines is 1. The van der Waals surface area contributed by atoms with Crippen LogP contribution in [0.2, 0.25) is 0 Å². The largest absolute Gasteiger partial charge is 0.481 e. The highest BCUT2D eigenvalue weighted by Gasteiger charge is 2.23. The van der Waals surface area contributed by atoms with Gasteiger partial charge in [-0.2, -0.15) is 9.97 Å². The fourth-order valence-corrected chi connectivity index (χ4v) is 3.73. The summed E-state index contributed by atoms with van der Waals surface area (Å²) in [5.74, 6) is 1.34. The number of hydrogen-bond acceptors (Lipinski definition) is 7. The van der Waals surface area contributed by atoms with Gasteiger partial charge in [-0.25, -0.2) is 0 Å². The minimum absolute atomic E-state index is 0.118. The zero-order chi connectivity index (χ0) is 17.8. The van der Waals surface area contributed by atoms with Crippen molar-refractivity contribution in [2.75, 3.05) is 45.3 Å². The Morgan fingerprint density at radius 2 is 2.00 bits per heavy atom. The van der Waals surface area contributed by atoms with E-state index in [1.807, 2.05) is 23.3 Å². The summed E-state index contributed by atoms with van der Waals surface area (Å²) in [5.41, 5.74) is 1.04. The molecule has 1 aliphatic heterocycles. The Hall–Kier alpha value is -2.35. The van der Waals surface area contributed by atoms with E-state index < -0.39 is 0 Å². The zero-order valence-corrected chi connectivity index (χ0v) is 15.5. The maximum absolute atomic E-state index is 12.7. The van der Waals surface area contributed by atoms with Gasteiger partial charge in [0.05, 0.1) is 19.1 Å². The second-order valence-corrected chi connectivity index (χ2v) is 6.74. The van der Waals surface area contributed by atoms with Gasteiger partial charge in [-0.05, 0) is 30.4 Å². The third-order valence-corrected chi connectivity index (χ3v) is 5.23. The van der Waals surface area contributed by atoms with E-state index in [4.69, 9.17) is 9.47 Å². The molecule has 0 atom stereocenters. The van der Waals surface area contributed by atoms with Crippen LogP contribution >= 0.6 is 11.3 Å². The number of nitrogens with zero attached hydrogens (tertiary/aromatic N) is 4. The average Bonchev–Trinajstić information content (AvgIpc) is 2.92. The molecule has 2 aromatic rings. The molecule has 0 saturated carbocycles. The molecule has 1 aliphatic rings. The van der Waals surface area contributed by atoms with Crippen molar-refractivity contribution in [2.45, 2.75) is 13.3 Å². The molecule has 1 saturated heterocycles. The number of amides is 1. The third-order valence-electron chi connectivity index (χ3n) is 4.22. The summed E-state index contributed by atoms with van der Waals surface area (Å²) in [6.45, 7) is 4.90. The second kappa shape index (κ2) is 7.69. The first-order valence-corrected chi connectivity index (χ1v) is 9.05. The van der Waals surface area contributed by atoms with Gasteiger partial charge in [0.15, 0.2) is 0 Å². The maximum Gasteiger partial charge on any atom is 0.321 e. The lowest BCUT2D eigenvalue weighted by Crippen LogP contribution is -2.35. The van der Waals surface area contributed by atoms with E-state index >= 15 is 0 Å². The molecule has 1 fully saturated rings. The molecule has 3 rings (SSSR count). The lowest BCUT2D eigenvalue weighted by Gasteiger charge is -2.23. The lowest BCUT2D eigenvalue weighted by molar-refractivity contribution is 0.0771. The summed E-state index contributed by atoms with van der Waals surface area (Å²) in [5, 5.41) is 1.96. The normalized spacial score (nSPS) is 15.0. The molecule has 2 aromatic heterocycles. The summed E-state index contributed by atoms with van der Waals surface area (Å²) in [6, 6.07) is 4.06. The van der Waals surface area contributed by atoms with Gasteiger partial charge in [-0.15, -0.1) is 11.3 Å². The number of ether oxygens (including phenoxy) is 2. The molecule has 0 aliphatic carbocycles. The summed E-state index contributed by atoms with van der Waals surface area (Å²) in [4.78, 5) is 26.2. The van der Waals surface area contributed by atoms with Gasteiger partial charge in [0.1, 0.15) is 5.82 Å². The molecule has 134 valence electrons. The Balaban J connectivity index is 1.73. The number of aromatic nitrogens is 2. The van der Waals surface area contributed by atoms with Gasteiger partial charge in [-0.3, -0.25) is 4.79 Å². The van der Waals surface area contributed by atoms with E-state index in [0.717, 1.165) is 35.8 Å². The highest BCUT2D eigenvalue weighted by atomic mass is 32.1. The standard InChI is InChI=1S/C17H22N4O3S/c1-12-5-10-25-15(12)16(22)21-7-4-6-20(8-9-21)13-11-14(23-2)19-17(18-13)24-3/h5,10-11H,4,6-9H2,1-3H3. The van der Waals surface area contributed by atoms with Gasteiger partial charge >= 0.3 is 6.01 Å². The molecule has 8 heteroatoms. The monoisotopic (exact) mass is 362 g/mol. The molecule has 25 heavy (non-hydrogen) atoms. The average molecular weight is 362 g/mol. The second-order valence-electron chi connectivity index (χ2n) is 5.82. The quantitative estimate of drug-likeness (QED) is 0.831. The Bertz CT molecular complexity index is 727. The van der Waals surface area contributed by atoms with Crippen LogP contribution in [0.4, 0.5) is 5.82 Å². The topological polar surface area (TPSA) is 67.8 Å². The van der Waals surface area contributed by atoms with Crippen LogP contribution in [0.5, 0.6) is 11.9 Å². The van der Waals surface area contributed by atoms with E-state index in [1.54, 1.807) is 13.2 Å². The third kappa shape index (κ3) is 3.84. The van der Waals surface area contributed by atoms with Gasteiger partial charge < -0.3 is 19.3 Å². The fraction of sp³-hybridized carbons (Fsp3) is 0.471. The van der Waals surface area contributed by atoms with E-state index in [1.165, 1.54) is 18.4 Å². The summed E-state index contributed by atoms with van der Waals surface area (Å²) in [6.07, 6.45) is 0.880. The smallest absolute Gasteiger partial charge is 0.321 e. The molecule has 0 N–H and O–H groups in total. The Morgan fingerprint density at radius 1 is 1.16 bits per heavy atom. The number of carbonyl (C=O) groups excluding carboxylic acids is 1. The maximum atomic E-state index is 12.7. The van der Waals surface area contributed by atoms with Crippen molar-refractivity contribution in [2.24, 2.45) is 0 Å². The van der Waals surface area contributed by atoms with Crippen LogP contribution in [-0.2, 0) is 0 Å². The van der Waals surface area contributed by atoms with Crippen LogP contribution in [-0.4, -0.2) is 61.2 Å². The van der Waals surface area contributed by atoms with Gasteiger partial charge in [-0.1, -0.05) is 0 Å². The minimum atomic E-state index is 0.118. The predicted octanol–water partition coefficient (Wildman–Crippen LogP) is 2.22. The number of rotatable bonds is 4. The van der Waals surface area contributed by atoms with Crippen LogP contribution in [0.15, 0.2) is 17.5 Å². The molecule has 0 unspecified atom stereocenters. The number of thiophene rings is 1. The Labute approximate surface area is 151 Å². The lowest BCUT2D eigenvalue weighted by atomic mass is 10.2. The van der Waals surface area contributed by atoms with E-state index in [9.17, 15) is 4.79 Å². The summed E-state index contributed by atoms with van der Waals surface area (Å²) < 4.78 is 10.4. The molecule has 0 spiro atoms. The van der Waals surface area contributed by atoms with Crippen LogP contribution in [0.1, 0.15) is 21.7 Å². The van der Waals surface area contributed by atoms with Crippen molar-refractivity contribution >= 4 is 23.1 Å². The predicted molar refractivity (Wildman–Crippen MR) is 96.9 cm³/mol. The van der Waals surface area contributed by atoms with Gasteiger partial charge in [0.2, 0.25) is 5.88 Å². The van der Waals surface area contributed by atoms with E-state index in [0.29, 0.717) is 19.0 Å². The van der Waals surface area contributed by atoms with Crippen LogP contribution in [0.3, 0.4) is 0 Å². The van der Waals surface area contributed by atoms with Crippen LogP contribution in [0, 0.1) is 6.92 Å². The van der Waals surface area contributed by atoms with Crippen LogP contribution < -0.4 is 14.4 Å². The Kier molecular flexibility index (Phi) is 5.37. The van der Waals surface area contributed by atoms with Crippen molar-refractivity contribution < 1.29 is 14.3 Å². The number of methoxy groups -OCH3 is 2. The van der Waals surface area contributed by atoms with Crippen molar-refractivity contribution in [1.82, 2.24) is 14.9 Å².